The van der Waals surface area contributed by atoms with Gasteiger partial charge in [0.2, 0.25) is 0 Å². The number of aryl methyl sites for hydroxylation is 3. The van der Waals surface area contributed by atoms with E-state index in [0.717, 1.165) is 29.8 Å². The normalized spacial score (nSPS) is 10.9. The number of hydrogen-bond acceptors (Lipinski definition) is 2. The van der Waals surface area contributed by atoms with Crippen LogP contribution in [0.1, 0.15) is 28.9 Å². The molecule has 0 aliphatic rings. The lowest BCUT2D eigenvalue weighted by Gasteiger charge is -2.03. The second-order valence-electron chi connectivity index (χ2n) is 4.21. The van der Waals surface area contributed by atoms with Gasteiger partial charge in [-0.15, -0.1) is 0 Å². The molecule has 0 saturated heterocycles. The van der Waals surface area contributed by atoms with Crippen LogP contribution in [0.4, 0.5) is 8.78 Å². The molecule has 94 valence electrons. The molecular formula is C14H14F2N2. The molecule has 0 saturated carbocycles. The van der Waals surface area contributed by atoms with Crippen LogP contribution in [-0.2, 0) is 12.8 Å². The number of nitrogens with zero attached hydrogens (tertiary/aromatic N) is 2. The van der Waals surface area contributed by atoms with Gasteiger partial charge in [0.15, 0.2) is 0 Å². The Balaban J connectivity index is 1.95. The highest BCUT2D eigenvalue weighted by Gasteiger charge is 2.05. The van der Waals surface area contributed by atoms with Gasteiger partial charge >= 0.3 is 0 Å². The molecule has 1 heterocycles. The molecule has 4 heteroatoms. The third-order valence-corrected chi connectivity index (χ3v) is 2.75. The second-order valence-corrected chi connectivity index (χ2v) is 4.21. The van der Waals surface area contributed by atoms with Crippen LogP contribution < -0.4 is 0 Å². The number of benzene rings is 1. The van der Waals surface area contributed by atoms with E-state index in [9.17, 15) is 8.78 Å². The lowest BCUT2D eigenvalue weighted by molar-refractivity contribution is 0.151. The summed E-state index contributed by atoms with van der Waals surface area (Å²) < 4.78 is 24.7. The fraction of sp³-hybridized carbons (Fsp3) is 0.286. The predicted molar refractivity (Wildman–Crippen MR) is 65.6 cm³/mol. The van der Waals surface area contributed by atoms with Crippen LogP contribution >= 0.6 is 0 Å². The Labute approximate surface area is 105 Å². The van der Waals surface area contributed by atoms with Gasteiger partial charge in [0.25, 0.3) is 6.43 Å². The van der Waals surface area contributed by atoms with Crippen LogP contribution in [0.2, 0.25) is 0 Å². The molecule has 0 bridgehead atoms. The molecule has 1 aromatic heterocycles. The van der Waals surface area contributed by atoms with Crippen molar-refractivity contribution in [2.45, 2.75) is 26.2 Å². The molecule has 0 aliphatic carbocycles. The minimum absolute atomic E-state index is 0.0638. The van der Waals surface area contributed by atoms with Gasteiger partial charge < -0.3 is 0 Å². The number of halogens is 2. The van der Waals surface area contributed by atoms with Crippen LogP contribution in [0, 0.1) is 6.92 Å². The smallest absolute Gasteiger partial charge is 0.205 e. The van der Waals surface area contributed by atoms with Crippen LogP contribution in [0.3, 0.4) is 0 Å². The summed E-state index contributed by atoms with van der Waals surface area (Å²) in [5.41, 5.74) is 2.90. The zero-order valence-corrected chi connectivity index (χ0v) is 10.1. The fourth-order valence-corrected chi connectivity index (χ4v) is 1.66. The molecule has 2 nitrogen and oxygen atoms in total. The standard InChI is InChI=1S/C14H14F2N2/c1-10-2-8-13(18-17-10)9-5-11-3-6-12(7-4-11)14(15)16/h2-4,6-8,14H,5,9H2,1H3. The van der Waals surface area contributed by atoms with Gasteiger partial charge in [-0.25, -0.2) is 8.78 Å². The first-order valence-electron chi connectivity index (χ1n) is 5.81. The summed E-state index contributed by atoms with van der Waals surface area (Å²) in [5, 5.41) is 8.05. The maximum absolute atomic E-state index is 12.4. The molecule has 2 aromatic rings. The summed E-state index contributed by atoms with van der Waals surface area (Å²) in [5.74, 6) is 0. The van der Waals surface area contributed by atoms with E-state index in [-0.39, 0.29) is 5.56 Å². The first-order valence-corrected chi connectivity index (χ1v) is 5.81. The highest BCUT2D eigenvalue weighted by Crippen LogP contribution is 2.19. The molecule has 2 rings (SSSR count). The average Bonchev–Trinajstić information content (AvgIpc) is 2.38. The summed E-state index contributed by atoms with van der Waals surface area (Å²) in [6.45, 7) is 1.89. The van der Waals surface area contributed by atoms with Crippen molar-refractivity contribution in [2.24, 2.45) is 0 Å². The van der Waals surface area contributed by atoms with E-state index in [4.69, 9.17) is 0 Å². The first-order chi connectivity index (χ1) is 8.65. The van der Waals surface area contributed by atoms with Crippen LogP contribution in [0.5, 0.6) is 0 Å². The van der Waals surface area contributed by atoms with Gasteiger partial charge in [-0.3, -0.25) is 0 Å². The van der Waals surface area contributed by atoms with Crippen molar-refractivity contribution in [3.63, 3.8) is 0 Å². The largest absolute Gasteiger partial charge is 0.263 e. The van der Waals surface area contributed by atoms with Gasteiger partial charge in [-0.2, -0.15) is 10.2 Å². The number of rotatable bonds is 4. The summed E-state index contributed by atoms with van der Waals surface area (Å²) in [4.78, 5) is 0. The Kier molecular flexibility index (Phi) is 3.97. The van der Waals surface area contributed by atoms with Gasteiger partial charge in [0.05, 0.1) is 11.4 Å². The third-order valence-electron chi connectivity index (χ3n) is 2.75. The van der Waals surface area contributed by atoms with Crippen molar-refractivity contribution in [3.8, 4) is 0 Å². The molecule has 1 aromatic carbocycles. The molecule has 0 atom stereocenters. The molecule has 0 amide bonds. The number of hydrogen-bond donors (Lipinski definition) is 0. The van der Waals surface area contributed by atoms with Crippen molar-refractivity contribution in [1.29, 1.82) is 0 Å². The average molecular weight is 248 g/mol. The lowest BCUT2D eigenvalue weighted by Crippen LogP contribution is -1.97. The Morgan fingerprint density at radius 1 is 0.944 bits per heavy atom. The van der Waals surface area contributed by atoms with E-state index >= 15 is 0 Å². The Hall–Kier alpha value is -1.84. The molecule has 0 N–H and O–H groups in total. The maximum atomic E-state index is 12.4. The van der Waals surface area contributed by atoms with E-state index in [2.05, 4.69) is 10.2 Å². The maximum Gasteiger partial charge on any atom is 0.263 e. The van der Waals surface area contributed by atoms with Crippen molar-refractivity contribution in [3.05, 3.63) is 58.9 Å². The van der Waals surface area contributed by atoms with E-state index < -0.39 is 6.43 Å². The Morgan fingerprint density at radius 3 is 2.22 bits per heavy atom. The Bertz CT molecular complexity index is 492. The molecular weight excluding hydrogens is 234 g/mol. The summed E-state index contributed by atoms with van der Waals surface area (Å²) >= 11 is 0. The van der Waals surface area contributed by atoms with Gasteiger partial charge in [0, 0.05) is 5.56 Å². The fourth-order valence-electron chi connectivity index (χ4n) is 1.66. The number of aromatic nitrogens is 2. The summed E-state index contributed by atoms with van der Waals surface area (Å²) in [7, 11) is 0. The summed E-state index contributed by atoms with van der Waals surface area (Å²) in [6.07, 6.45) is -0.857. The summed E-state index contributed by atoms with van der Waals surface area (Å²) in [6, 6.07) is 10.3. The van der Waals surface area contributed by atoms with Crippen LogP contribution in [-0.4, -0.2) is 10.2 Å². The van der Waals surface area contributed by atoms with E-state index in [1.807, 2.05) is 19.1 Å². The molecule has 0 aliphatic heterocycles. The third kappa shape index (κ3) is 3.32. The monoisotopic (exact) mass is 248 g/mol. The van der Waals surface area contributed by atoms with E-state index in [0.29, 0.717) is 0 Å². The van der Waals surface area contributed by atoms with Crippen LogP contribution in [0.15, 0.2) is 36.4 Å². The molecule has 0 radical (unpaired) electrons. The van der Waals surface area contributed by atoms with Crippen molar-refractivity contribution in [1.82, 2.24) is 10.2 Å². The first kappa shape index (κ1) is 12.6. The molecule has 0 fully saturated rings. The minimum Gasteiger partial charge on any atom is -0.205 e. The van der Waals surface area contributed by atoms with Gasteiger partial charge in [-0.1, -0.05) is 24.3 Å². The minimum atomic E-state index is -2.40. The molecule has 0 unspecified atom stereocenters. The van der Waals surface area contributed by atoms with Gasteiger partial charge in [-0.05, 0) is 37.5 Å². The predicted octanol–water partition coefficient (Wildman–Crippen LogP) is 3.51. The van der Waals surface area contributed by atoms with E-state index in [1.54, 1.807) is 12.1 Å². The van der Waals surface area contributed by atoms with Crippen LogP contribution in [0.25, 0.3) is 0 Å². The second kappa shape index (κ2) is 5.67. The van der Waals surface area contributed by atoms with Crippen molar-refractivity contribution >= 4 is 0 Å². The SMILES string of the molecule is Cc1ccc(CCc2ccc(C(F)F)cc2)nn1. The van der Waals surface area contributed by atoms with Crippen molar-refractivity contribution < 1.29 is 8.78 Å². The highest BCUT2D eigenvalue weighted by molar-refractivity contribution is 5.24. The topological polar surface area (TPSA) is 25.8 Å². The quantitative estimate of drug-likeness (QED) is 0.827. The molecule has 18 heavy (non-hydrogen) atoms. The van der Waals surface area contributed by atoms with Crippen molar-refractivity contribution in [2.75, 3.05) is 0 Å². The highest BCUT2D eigenvalue weighted by atomic mass is 19.3. The molecule has 0 spiro atoms. The Morgan fingerprint density at radius 2 is 1.67 bits per heavy atom. The van der Waals surface area contributed by atoms with E-state index in [1.165, 1.54) is 12.1 Å². The zero-order chi connectivity index (χ0) is 13.0. The van der Waals surface area contributed by atoms with Gasteiger partial charge in [0.1, 0.15) is 0 Å². The lowest BCUT2D eigenvalue weighted by atomic mass is 10.1. The number of alkyl halides is 2. The zero-order valence-electron chi connectivity index (χ0n) is 10.1.